The zero-order valence-electron chi connectivity index (χ0n) is 17.5. The van der Waals surface area contributed by atoms with E-state index in [0.29, 0.717) is 6.61 Å². The Kier molecular flexibility index (Phi) is 8.20. The number of rotatable bonds is 7. The van der Waals surface area contributed by atoms with Gasteiger partial charge >= 0.3 is 5.97 Å². The first-order chi connectivity index (χ1) is 13.3. The number of hydrogen-bond acceptors (Lipinski definition) is 5. The number of amides is 1. The molecule has 2 rings (SSSR count). The van der Waals surface area contributed by atoms with Crippen molar-refractivity contribution in [1.82, 2.24) is 4.90 Å². The first kappa shape index (κ1) is 22.1. The number of morpholine rings is 1. The van der Waals surface area contributed by atoms with E-state index in [1.807, 2.05) is 38.1 Å². The van der Waals surface area contributed by atoms with Gasteiger partial charge in [0.25, 0.3) is 0 Å². The van der Waals surface area contributed by atoms with Crippen LogP contribution in [0.15, 0.2) is 30.3 Å². The van der Waals surface area contributed by atoms with Gasteiger partial charge in [0.05, 0.1) is 24.9 Å². The second kappa shape index (κ2) is 10.4. The van der Waals surface area contributed by atoms with Crippen molar-refractivity contribution in [2.24, 2.45) is 5.92 Å². The molecule has 3 unspecified atom stereocenters. The van der Waals surface area contributed by atoms with Crippen LogP contribution in [-0.2, 0) is 19.1 Å². The summed E-state index contributed by atoms with van der Waals surface area (Å²) in [6.07, 6.45) is 3.32. The van der Waals surface area contributed by atoms with Crippen LogP contribution in [0.25, 0.3) is 6.08 Å². The molecule has 154 valence electrons. The number of benzene rings is 1. The lowest BCUT2D eigenvalue weighted by Gasteiger charge is -2.41. The Balaban J connectivity index is 2.02. The molecule has 0 bridgehead atoms. The average molecular weight is 389 g/mol. The molecule has 1 aliphatic rings. The van der Waals surface area contributed by atoms with E-state index < -0.39 is 0 Å². The lowest BCUT2D eigenvalue weighted by Crippen LogP contribution is -2.55. The van der Waals surface area contributed by atoms with Crippen LogP contribution < -0.4 is 5.32 Å². The lowest BCUT2D eigenvalue weighted by molar-refractivity contribution is -0.137. The van der Waals surface area contributed by atoms with E-state index >= 15 is 0 Å². The number of hydrogen-bond donors (Lipinski definition) is 1. The molecule has 1 N–H and O–H groups in total. The fourth-order valence-corrected chi connectivity index (χ4v) is 3.58. The molecule has 0 aliphatic carbocycles. The largest absolute Gasteiger partial charge is 0.463 e. The first-order valence-electron chi connectivity index (χ1n) is 9.95. The van der Waals surface area contributed by atoms with Crippen LogP contribution in [0.2, 0.25) is 0 Å². The van der Waals surface area contributed by atoms with E-state index in [2.05, 4.69) is 24.1 Å². The molecule has 1 aliphatic heterocycles. The summed E-state index contributed by atoms with van der Waals surface area (Å²) in [5.74, 6) is -0.191. The number of carbonyl (C=O) groups excluding carboxylic acids is 2. The van der Waals surface area contributed by atoms with Crippen LogP contribution in [0.1, 0.15) is 40.2 Å². The van der Waals surface area contributed by atoms with Crippen molar-refractivity contribution in [2.45, 2.75) is 52.9 Å². The summed E-state index contributed by atoms with van der Waals surface area (Å²) in [5.41, 5.74) is 1.60. The molecule has 6 heteroatoms. The van der Waals surface area contributed by atoms with E-state index in [4.69, 9.17) is 9.47 Å². The molecule has 3 atom stereocenters. The molecule has 1 heterocycles. The zero-order valence-corrected chi connectivity index (χ0v) is 17.5. The molecule has 1 amide bonds. The average Bonchev–Trinajstić information content (AvgIpc) is 2.60. The van der Waals surface area contributed by atoms with Gasteiger partial charge in [0.2, 0.25) is 5.91 Å². The Morgan fingerprint density at radius 1 is 1.21 bits per heavy atom. The molecule has 0 aromatic heterocycles. The summed E-state index contributed by atoms with van der Waals surface area (Å²) in [6.45, 7) is 11.8. The highest BCUT2D eigenvalue weighted by atomic mass is 16.5. The molecule has 0 spiro atoms. The lowest BCUT2D eigenvalue weighted by atomic mass is 9.99. The Bertz CT molecular complexity index is 674. The Labute approximate surface area is 167 Å². The zero-order chi connectivity index (χ0) is 20.7. The molecule has 28 heavy (non-hydrogen) atoms. The minimum absolute atomic E-state index is 0.00823. The van der Waals surface area contributed by atoms with Gasteiger partial charge in [0.1, 0.15) is 0 Å². The second-order valence-electron chi connectivity index (χ2n) is 7.60. The number of esters is 1. The molecule has 0 radical (unpaired) electrons. The van der Waals surface area contributed by atoms with Crippen LogP contribution in [0.5, 0.6) is 0 Å². The van der Waals surface area contributed by atoms with Crippen molar-refractivity contribution < 1.29 is 19.1 Å². The Hall–Kier alpha value is -2.18. The van der Waals surface area contributed by atoms with E-state index in [1.54, 1.807) is 13.0 Å². The minimum atomic E-state index is -0.367. The van der Waals surface area contributed by atoms with Crippen LogP contribution in [0.3, 0.4) is 0 Å². The van der Waals surface area contributed by atoms with Gasteiger partial charge in [0, 0.05) is 24.9 Å². The molecular formula is C22H32N2O4. The normalized spacial score (nSPS) is 21.6. The summed E-state index contributed by atoms with van der Waals surface area (Å²) >= 11 is 0. The van der Waals surface area contributed by atoms with E-state index in [1.165, 1.54) is 6.08 Å². The van der Waals surface area contributed by atoms with Crippen molar-refractivity contribution >= 4 is 23.6 Å². The monoisotopic (exact) mass is 388 g/mol. The summed E-state index contributed by atoms with van der Waals surface area (Å²) in [7, 11) is 0. The number of carbonyl (C=O) groups is 2. The highest BCUT2D eigenvalue weighted by molar-refractivity contribution is 5.95. The molecule has 0 saturated carbocycles. The third-order valence-electron chi connectivity index (χ3n) is 4.62. The van der Waals surface area contributed by atoms with E-state index in [9.17, 15) is 9.59 Å². The fourth-order valence-electron chi connectivity index (χ4n) is 3.58. The number of nitrogens with one attached hydrogen (secondary N) is 1. The summed E-state index contributed by atoms with van der Waals surface area (Å²) < 4.78 is 10.7. The summed E-state index contributed by atoms with van der Waals surface area (Å²) in [6, 6.07) is 7.18. The van der Waals surface area contributed by atoms with Gasteiger partial charge in [-0.05, 0) is 50.5 Å². The van der Waals surface area contributed by atoms with Crippen molar-refractivity contribution in [3.05, 3.63) is 35.9 Å². The molecule has 1 saturated heterocycles. The second-order valence-corrected chi connectivity index (χ2v) is 7.60. The highest BCUT2D eigenvalue weighted by Gasteiger charge is 2.34. The van der Waals surface area contributed by atoms with Gasteiger partial charge in [-0.1, -0.05) is 26.0 Å². The predicted octanol–water partition coefficient (Wildman–Crippen LogP) is 3.34. The summed E-state index contributed by atoms with van der Waals surface area (Å²) in [4.78, 5) is 26.6. The van der Waals surface area contributed by atoms with Crippen LogP contribution in [-0.4, -0.2) is 54.7 Å². The van der Waals surface area contributed by atoms with Crippen molar-refractivity contribution in [1.29, 1.82) is 0 Å². The predicted molar refractivity (Wildman–Crippen MR) is 111 cm³/mol. The highest BCUT2D eigenvalue weighted by Crippen LogP contribution is 2.20. The number of anilines is 1. The molecule has 1 aromatic carbocycles. The topological polar surface area (TPSA) is 67.9 Å². The maximum absolute atomic E-state index is 13.0. The third-order valence-corrected chi connectivity index (χ3v) is 4.62. The Morgan fingerprint density at radius 2 is 1.82 bits per heavy atom. The Morgan fingerprint density at radius 3 is 2.36 bits per heavy atom. The maximum atomic E-state index is 13.0. The van der Waals surface area contributed by atoms with Crippen molar-refractivity contribution in [3.8, 4) is 0 Å². The number of nitrogens with zero attached hydrogens (tertiary/aromatic N) is 1. The number of ether oxygens (including phenoxy) is 2. The summed E-state index contributed by atoms with van der Waals surface area (Å²) in [5, 5.41) is 3.03. The smallest absolute Gasteiger partial charge is 0.330 e. The van der Waals surface area contributed by atoms with Gasteiger partial charge in [-0.2, -0.15) is 0 Å². The van der Waals surface area contributed by atoms with Crippen LogP contribution in [0, 0.1) is 5.92 Å². The molecule has 1 fully saturated rings. The maximum Gasteiger partial charge on any atom is 0.330 e. The van der Waals surface area contributed by atoms with Crippen LogP contribution >= 0.6 is 0 Å². The first-order valence-corrected chi connectivity index (χ1v) is 9.95. The quantitative estimate of drug-likeness (QED) is 0.573. The van der Waals surface area contributed by atoms with Gasteiger partial charge in [-0.3, -0.25) is 9.69 Å². The molecule has 6 nitrogen and oxygen atoms in total. The van der Waals surface area contributed by atoms with Crippen LogP contribution in [0.4, 0.5) is 5.69 Å². The van der Waals surface area contributed by atoms with E-state index in [-0.39, 0.29) is 36.0 Å². The fraction of sp³-hybridized carbons (Fsp3) is 0.545. The van der Waals surface area contributed by atoms with Gasteiger partial charge in [-0.25, -0.2) is 4.79 Å². The molecular weight excluding hydrogens is 356 g/mol. The van der Waals surface area contributed by atoms with Crippen molar-refractivity contribution in [2.75, 3.05) is 25.0 Å². The SMILES string of the molecule is CCOC(=O)C=Cc1ccc(NC(=O)C(C(C)C)N2CC(C)OC(C)C2)cc1. The van der Waals surface area contributed by atoms with Gasteiger partial charge in [-0.15, -0.1) is 0 Å². The molecule has 1 aromatic rings. The van der Waals surface area contributed by atoms with E-state index in [0.717, 1.165) is 24.3 Å². The van der Waals surface area contributed by atoms with Gasteiger partial charge < -0.3 is 14.8 Å². The van der Waals surface area contributed by atoms with Gasteiger partial charge in [0.15, 0.2) is 0 Å². The minimum Gasteiger partial charge on any atom is -0.463 e. The standard InChI is InChI=1S/C22H32N2O4/c1-6-27-20(25)12-9-18-7-10-19(11-8-18)23-22(26)21(15(2)3)24-13-16(4)28-17(5)14-24/h7-12,15-17,21H,6,13-14H2,1-5H3,(H,23,26). The van der Waals surface area contributed by atoms with Crippen molar-refractivity contribution in [3.63, 3.8) is 0 Å². The third kappa shape index (κ3) is 6.46.